The Morgan fingerprint density at radius 3 is 2.53 bits per heavy atom. The smallest absolute Gasteiger partial charge is 0.217 e. The van der Waals surface area contributed by atoms with Crippen LogP contribution in [0, 0.1) is 11.7 Å². The van der Waals surface area contributed by atoms with E-state index in [1.54, 1.807) is 16.4 Å². The third-order valence-electron chi connectivity index (χ3n) is 7.77. The van der Waals surface area contributed by atoms with Crippen LogP contribution in [0.4, 0.5) is 4.39 Å². The summed E-state index contributed by atoms with van der Waals surface area (Å²) in [6.45, 7) is 7.04. The van der Waals surface area contributed by atoms with Crippen molar-refractivity contribution < 1.29 is 17.6 Å². The van der Waals surface area contributed by atoms with Gasteiger partial charge >= 0.3 is 0 Å². The van der Waals surface area contributed by atoms with Crippen molar-refractivity contribution in [3.05, 3.63) is 64.2 Å². The molecule has 1 aliphatic heterocycles. The van der Waals surface area contributed by atoms with Crippen LogP contribution >= 0.6 is 11.6 Å². The van der Waals surface area contributed by atoms with Gasteiger partial charge in [0, 0.05) is 48.7 Å². The predicted molar refractivity (Wildman–Crippen MR) is 148 cm³/mol. The first kappa shape index (κ1) is 29.1. The fourth-order valence-electron chi connectivity index (χ4n) is 5.67. The van der Waals surface area contributed by atoms with E-state index in [0.717, 1.165) is 11.8 Å². The van der Waals surface area contributed by atoms with Gasteiger partial charge in [-0.3, -0.25) is 9.78 Å². The molecule has 2 heterocycles. The van der Waals surface area contributed by atoms with Crippen molar-refractivity contribution in [1.29, 1.82) is 0 Å². The van der Waals surface area contributed by atoms with Crippen LogP contribution in [0.25, 0.3) is 0 Å². The normalized spacial score (nSPS) is 22.4. The fraction of sp³-hybridized carbons (Fsp3) is 0.571. The fourth-order valence-corrected chi connectivity index (χ4v) is 8.04. The third-order valence-corrected chi connectivity index (χ3v) is 10.6. The third kappa shape index (κ3) is 6.45. The van der Waals surface area contributed by atoms with Crippen molar-refractivity contribution in [2.24, 2.45) is 11.7 Å². The molecule has 4 atom stereocenters. The summed E-state index contributed by atoms with van der Waals surface area (Å²) in [5.41, 5.74) is 8.32. The van der Waals surface area contributed by atoms with Crippen molar-refractivity contribution in [2.45, 2.75) is 82.2 Å². The number of Topliss-reactive ketones (excluding diaryl/α,β-unsaturated/α-hetero) is 1. The van der Waals surface area contributed by atoms with Crippen molar-refractivity contribution in [3.63, 3.8) is 0 Å². The first-order chi connectivity index (χ1) is 18.0. The quantitative estimate of drug-likeness (QED) is 0.430. The van der Waals surface area contributed by atoms with E-state index >= 15 is 4.39 Å². The van der Waals surface area contributed by atoms with Gasteiger partial charge in [-0.25, -0.2) is 12.8 Å². The Morgan fingerprint density at radius 1 is 1.21 bits per heavy atom. The second-order valence-corrected chi connectivity index (χ2v) is 13.6. The summed E-state index contributed by atoms with van der Waals surface area (Å²) < 4.78 is 42.9. The number of nitrogens with one attached hydrogen (secondary N) is 1. The van der Waals surface area contributed by atoms with E-state index < -0.39 is 21.9 Å². The molecule has 2 aliphatic rings. The summed E-state index contributed by atoms with van der Waals surface area (Å²) in [5, 5.41) is 3.62. The maximum absolute atomic E-state index is 15.0. The molecule has 2 fully saturated rings. The van der Waals surface area contributed by atoms with Gasteiger partial charge < -0.3 is 11.1 Å². The number of aromatic nitrogens is 1. The van der Waals surface area contributed by atoms with Gasteiger partial charge in [-0.05, 0) is 67.3 Å². The van der Waals surface area contributed by atoms with E-state index in [9.17, 15) is 13.2 Å². The van der Waals surface area contributed by atoms with Gasteiger partial charge in [0.25, 0.3) is 0 Å². The molecule has 3 N–H and O–H groups in total. The number of nitrogens with two attached hydrogens (primary N) is 1. The van der Waals surface area contributed by atoms with Crippen LogP contribution in [0.5, 0.6) is 0 Å². The van der Waals surface area contributed by atoms with Gasteiger partial charge in [0.15, 0.2) is 5.78 Å². The number of hydrogen-bond donors (Lipinski definition) is 2. The van der Waals surface area contributed by atoms with Crippen LogP contribution in [0.15, 0.2) is 36.7 Å². The van der Waals surface area contributed by atoms with E-state index in [4.69, 9.17) is 17.3 Å². The Kier molecular flexibility index (Phi) is 9.25. The van der Waals surface area contributed by atoms with E-state index in [1.807, 2.05) is 32.9 Å². The highest BCUT2D eigenvalue weighted by atomic mass is 35.5. The van der Waals surface area contributed by atoms with Crippen LogP contribution in [-0.4, -0.2) is 60.0 Å². The van der Waals surface area contributed by atoms with Gasteiger partial charge in [0.1, 0.15) is 5.82 Å². The number of ketones is 1. The Balaban J connectivity index is 1.51. The topological polar surface area (TPSA) is 105 Å². The second kappa shape index (κ2) is 12.1. The molecular weight excluding hydrogens is 527 g/mol. The second-order valence-electron chi connectivity index (χ2n) is 11.0. The van der Waals surface area contributed by atoms with Crippen LogP contribution in [0.3, 0.4) is 0 Å². The van der Waals surface area contributed by atoms with Crippen molar-refractivity contribution in [1.82, 2.24) is 14.6 Å². The summed E-state index contributed by atoms with van der Waals surface area (Å²) in [5.74, 6) is -0.810. The molecule has 38 heavy (non-hydrogen) atoms. The van der Waals surface area contributed by atoms with Crippen LogP contribution < -0.4 is 11.1 Å². The van der Waals surface area contributed by atoms with E-state index in [1.165, 1.54) is 6.20 Å². The van der Waals surface area contributed by atoms with Gasteiger partial charge in [-0.1, -0.05) is 37.6 Å². The SMILES string of the molecule is CC(C)[C@H](c1ccc(Cl)cc1)[C@H](N)C(=O)Cc1cncc(F)c1CC[C@H]1CNC[C@H](C)N1S(=O)(=O)C1CC1. The summed E-state index contributed by atoms with van der Waals surface area (Å²) in [6, 6.07) is 6.11. The zero-order valence-corrected chi connectivity index (χ0v) is 23.8. The van der Waals surface area contributed by atoms with Gasteiger partial charge in [-0.2, -0.15) is 4.31 Å². The lowest BCUT2D eigenvalue weighted by Crippen LogP contribution is -2.59. The number of carbonyl (C=O) groups is 1. The molecule has 4 rings (SSSR count). The number of carbonyl (C=O) groups excluding carboxylic acids is 1. The lowest BCUT2D eigenvalue weighted by molar-refractivity contribution is -0.120. The lowest BCUT2D eigenvalue weighted by Gasteiger charge is -2.40. The molecule has 1 aromatic carbocycles. The molecule has 0 unspecified atom stereocenters. The Labute approximate surface area is 230 Å². The summed E-state index contributed by atoms with van der Waals surface area (Å²) >= 11 is 6.04. The Bertz CT molecular complexity index is 1240. The number of nitrogens with zero attached hydrogens (tertiary/aromatic N) is 2. The Hall–Kier alpha value is -1.91. The minimum Gasteiger partial charge on any atom is -0.321 e. The number of piperazine rings is 1. The van der Waals surface area contributed by atoms with E-state index in [2.05, 4.69) is 10.3 Å². The molecule has 0 radical (unpaired) electrons. The molecule has 2 aromatic rings. The maximum atomic E-state index is 15.0. The molecule has 1 saturated heterocycles. The lowest BCUT2D eigenvalue weighted by atomic mass is 9.80. The molecule has 1 aromatic heterocycles. The highest BCUT2D eigenvalue weighted by molar-refractivity contribution is 7.90. The zero-order chi connectivity index (χ0) is 27.6. The molecule has 1 aliphatic carbocycles. The average molecular weight is 565 g/mol. The van der Waals surface area contributed by atoms with Crippen molar-refractivity contribution in [3.8, 4) is 0 Å². The van der Waals surface area contributed by atoms with Crippen LogP contribution in [-0.2, 0) is 27.7 Å². The van der Waals surface area contributed by atoms with Gasteiger partial charge in [-0.15, -0.1) is 0 Å². The van der Waals surface area contributed by atoms with Crippen LogP contribution in [0.2, 0.25) is 5.02 Å². The first-order valence-corrected chi connectivity index (χ1v) is 15.3. The van der Waals surface area contributed by atoms with Gasteiger partial charge in [0.2, 0.25) is 10.0 Å². The monoisotopic (exact) mass is 564 g/mol. The molecule has 1 saturated carbocycles. The minimum atomic E-state index is -3.38. The molecule has 7 nitrogen and oxygen atoms in total. The number of hydrogen-bond acceptors (Lipinski definition) is 6. The largest absolute Gasteiger partial charge is 0.321 e. The number of pyridine rings is 1. The first-order valence-electron chi connectivity index (χ1n) is 13.4. The van der Waals surface area contributed by atoms with E-state index in [-0.39, 0.29) is 41.4 Å². The summed E-state index contributed by atoms with van der Waals surface area (Å²) in [7, 11) is -3.38. The summed E-state index contributed by atoms with van der Waals surface area (Å²) in [4.78, 5) is 17.4. The number of rotatable bonds is 11. The number of halogens is 2. The predicted octanol–water partition coefficient (Wildman–Crippen LogP) is 3.84. The minimum absolute atomic E-state index is 0.0402. The summed E-state index contributed by atoms with van der Waals surface area (Å²) in [6.07, 6.45) is 4.77. The number of benzene rings is 1. The molecule has 10 heteroatoms. The molecule has 208 valence electrons. The van der Waals surface area contributed by atoms with Crippen molar-refractivity contribution in [2.75, 3.05) is 13.1 Å². The molecule has 0 bridgehead atoms. The highest BCUT2D eigenvalue weighted by Crippen LogP contribution is 2.35. The molecule has 0 spiro atoms. The van der Waals surface area contributed by atoms with Crippen LogP contribution in [0.1, 0.15) is 62.6 Å². The van der Waals surface area contributed by atoms with Gasteiger partial charge in [0.05, 0.1) is 17.5 Å². The highest BCUT2D eigenvalue weighted by Gasteiger charge is 2.45. The standard InChI is InChI=1S/C28H38ClFN4O3S/c1-17(2)27(19-4-6-21(29)7-5-19)28(31)26(35)12-20-14-33-16-25(30)24(20)11-8-22-15-32-13-18(3)34(22)38(36,37)23-9-10-23/h4-7,14,16-18,22-23,27-28,32H,8-13,15,31H2,1-3H3/t18-,22-,27+,28+/m0/s1. The molecule has 0 amide bonds. The maximum Gasteiger partial charge on any atom is 0.217 e. The Morgan fingerprint density at radius 2 is 1.89 bits per heavy atom. The zero-order valence-electron chi connectivity index (χ0n) is 22.2. The van der Waals surface area contributed by atoms with E-state index in [0.29, 0.717) is 54.9 Å². The average Bonchev–Trinajstić information content (AvgIpc) is 3.71. The molecular formula is C28H38ClFN4O3S. The van der Waals surface area contributed by atoms with Crippen molar-refractivity contribution >= 4 is 27.4 Å². The number of sulfonamides is 1.